The molecule has 2 heterocycles. The molecule has 2 aliphatic heterocycles. The van der Waals surface area contributed by atoms with Crippen molar-refractivity contribution >= 4 is 46.8 Å². The van der Waals surface area contributed by atoms with E-state index in [2.05, 4.69) is 38.3 Å². The van der Waals surface area contributed by atoms with E-state index in [-0.39, 0.29) is 24.0 Å². The molecule has 2 fully saturated rings. The largest absolute Gasteiger partial charge is 0.352 e. The second-order valence-electron chi connectivity index (χ2n) is 6.51. The van der Waals surface area contributed by atoms with Gasteiger partial charge in [0, 0.05) is 24.0 Å². The maximum Gasteiger partial charge on any atom is 0.315 e. The van der Waals surface area contributed by atoms with Crippen molar-refractivity contribution in [1.82, 2.24) is 16.0 Å². The van der Waals surface area contributed by atoms with Gasteiger partial charge in [-0.3, -0.25) is 4.79 Å². The van der Waals surface area contributed by atoms with Crippen LogP contribution in [-0.2, 0) is 11.3 Å². The minimum Gasteiger partial charge on any atom is -0.352 e. The molecule has 1 aromatic rings. The summed E-state index contributed by atoms with van der Waals surface area (Å²) in [6.07, 6.45) is 3.42. The SMILES string of the molecule is O=C(CCCC[C@@H]1SC[C@@H]2NC(=O)N[C@@H]21)NCc1ccc(N=C=S)cc1. The van der Waals surface area contributed by atoms with Crippen molar-refractivity contribution in [3.05, 3.63) is 29.8 Å². The van der Waals surface area contributed by atoms with Crippen LogP contribution in [0.4, 0.5) is 10.5 Å². The number of amides is 3. The van der Waals surface area contributed by atoms with Crippen LogP contribution >= 0.6 is 24.0 Å². The zero-order chi connectivity index (χ0) is 18.4. The number of carbonyl (C=O) groups excluding carboxylic acids is 2. The van der Waals surface area contributed by atoms with Crippen molar-refractivity contribution in [2.24, 2.45) is 4.99 Å². The molecule has 3 amide bonds. The molecule has 0 radical (unpaired) electrons. The van der Waals surface area contributed by atoms with Crippen LogP contribution in [0, 0.1) is 0 Å². The number of fused-ring (bicyclic) bond motifs is 1. The summed E-state index contributed by atoms with van der Waals surface area (Å²) in [6, 6.07) is 8.00. The molecule has 0 saturated carbocycles. The fraction of sp³-hybridized carbons (Fsp3) is 0.500. The zero-order valence-electron chi connectivity index (χ0n) is 14.4. The summed E-state index contributed by atoms with van der Waals surface area (Å²) in [5, 5.41) is 11.7. The molecule has 1 aromatic carbocycles. The molecule has 8 heteroatoms. The molecular weight excluding hydrogens is 368 g/mol. The minimum absolute atomic E-state index is 0.0493. The maximum absolute atomic E-state index is 12.0. The molecule has 3 atom stereocenters. The number of benzene rings is 1. The van der Waals surface area contributed by atoms with E-state index >= 15 is 0 Å². The third kappa shape index (κ3) is 5.06. The summed E-state index contributed by atoms with van der Waals surface area (Å²) in [5.74, 6) is 1.04. The smallest absolute Gasteiger partial charge is 0.315 e. The Morgan fingerprint density at radius 1 is 1.31 bits per heavy atom. The molecule has 0 bridgehead atoms. The lowest BCUT2D eigenvalue weighted by Gasteiger charge is -2.16. The van der Waals surface area contributed by atoms with E-state index in [9.17, 15) is 9.59 Å². The van der Waals surface area contributed by atoms with Gasteiger partial charge in [0.05, 0.1) is 22.9 Å². The Labute approximate surface area is 162 Å². The van der Waals surface area contributed by atoms with E-state index in [1.54, 1.807) is 0 Å². The quantitative estimate of drug-likeness (QED) is 0.276. The Morgan fingerprint density at radius 2 is 2.12 bits per heavy atom. The number of carbonyl (C=O) groups is 2. The highest BCUT2D eigenvalue weighted by Crippen LogP contribution is 2.33. The van der Waals surface area contributed by atoms with Gasteiger partial charge in [-0.15, -0.1) is 0 Å². The molecule has 138 valence electrons. The Balaban J connectivity index is 1.31. The lowest BCUT2D eigenvalue weighted by molar-refractivity contribution is -0.121. The van der Waals surface area contributed by atoms with E-state index in [4.69, 9.17) is 0 Å². The first-order valence-corrected chi connectivity index (χ1v) is 10.2. The van der Waals surface area contributed by atoms with Crippen LogP contribution in [0.25, 0.3) is 0 Å². The second kappa shape index (κ2) is 9.16. The van der Waals surface area contributed by atoms with E-state index in [1.807, 2.05) is 36.0 Å². The van der Waals surface area contributed by atoms with Crippen LogP contribution in [-0.4, -0.2) is 40.2 Å². The summed E-state index contributed by atoms with van der Waals surface area (Å²) in [7, 11) is 0. The molecule has 0 unspecified atom stereocenters. The van der Waals surface area contributed by atoms with Crippen LogP contribution in [0.5, 0.6) is 0 Å². The van der Waals surface area contributed by atoms with E-state index in [0.29, 0.717) is 18.2 Å². The predicted molar refractivity (Wildman–Crippen MR) is 107 cm³/mol. The number of thiocarbonyl (C=S) groups is 1. The molecule has 3 rings (SSSR count). The van der Waals surface area contributed by atoms with E-state index < -0.39 is 0 Å². The van der Waals surface area contributed by atoms with Gasteiger partial charge in [0.1, 0.15) is 0 Å². The summed E-state index contributed by atoms with van der Waals surface area (Å²) < 4.78 is 0. The van der Waals surface area contributed by atoms with Gasteiger partial charge >= 0.3 is 6.03 Å². The first-order valence-electron chi connectivity index (χ1n) is 8.78. The third-order valence-electron chi connectivity index (χ3n) is 4.68. The predicted octanol–water partition coefficient (Wildman–Crippen LogP) is 2.76. The van der Waals surface area contributed by atoms with Gasteiger partial charge in [0.15, 0.2) is 0 Å². The molecule has 0 aliphatic carbocycles. The minimum atomic E-state index is -0.0493. The van der Waals surface area contributed by atoms with Crippen molar-refractivity contribution in [1.29, 1.82) is 0 Å². The normalized spacial score (nSPS) is 23.5. The van der Waals surface area contributed by atoms with Crippen LogP contribution < -0.4 is 16.0 Å². The number of unbranched alkanes of at least 4 members (excludes halogenated alkanes) is 1. The molecule has 26 heavy (non-hydrogen) atoms. The Kier molecular flexibility index (Phi) is 6.66. The molecular formula is C18H22N4O2S2. The topological polar surface area (TPSA) is 82.6 Å². The molecule has 2 aliphatic rings. The van der Waals surface area contributed by atoms with Gasteiger partial charge in [-0.2, -0.15) is 16.8 Å². The Hall–Kier alpha value is -1.89. The van der Waals surface area contributed by atoms with Gasteiger partial charge in [-0.1, -0.05) is 18.6 Å². The fourth-order valence-corrected chi connectivity index (χ4v) is 4.95. The van der Waals surface area contributed by atoms with Gasteiger partial charge in [-0.05, 0) is 42.8 Å². The first kappa shape index (κ1) is 18.9. The third-order valence-corrected chi connectivity index (χ3v) is 6.28. The Bertz CT molecular complexity index is 704. The second-order valence-corrected chi connectivity index (χ2v) is 7.97. The van der Waals surface area contributed by atoms with Crippen LogP contribution in [0.3, 0.4) is 0 Å². The van der Waals surface area contributed by atoms with Crippen molar-refractivity contribution in [3.63, 3.8) is 0 Å². The van der Waals surface area contributed by atoms with Crippen molar-refractivity contribution in [2.45, 2.75) is 49.6 Å². The first-order chi connectivity index (χ1) is 12.7. The van der Waals surface area contributed by atoms with E-state index in [0.717, 1.165) is 36.3 Å². The van der Waals surface area contributed by atoms with Gasteiger partial charge < -0.3 is 16.0 Å². The number of hydrogen-bond donors (Lipinski definition) is 3. The van der Waals surface area contributed by atoms with E-state index in [1.165, 1.54) is 0 Å². The highest BCUT2D eigenvalue weighted by atomic mass is 32.2. The lowest BCUT2D eigenvalue weighted by atomic mass is 10.0. The average Bonchev–Trinajstić information content (AvgIpc) is 3.18. The number of rotatable bonds is 8. The number of isothiocyanates is 1. The number of nitrogens with zero attached hydrogens (tertiary/aromatic N) is 1. The van der Waals surface area contributed by atoms with Crippen LogP contribution in [0.2, 0.25) is 0 Å². The standard InChI is InChI=1S/C18H22N4O2S2/c23-16(19-9-12-5-7-13(8-6-12)20-11-25)4-2-1-3-15-17-14(10-26-15)21-18(24)22-17/h5-8,14-15,17H,1-4,9-10H2,(H,19,23)(H2,21,22,24)/t14-,15-,17-/m0/s1. The van der Waals surface area contributed by atoms with Crippen molar-refractivity contribution < 1.29 is 9.59 Å². The summed E-state index contributed by atoms with van der Waals surface area (Å²) in [5.41, 5.74) is 1.79. The zero-order valence-corrected chi connectivity index (χ0v) is 16.0. The monoisotopic (exact) mass is 390 g/mol. The van der Waals surface area contributed by atoms with Gasteiger partial charge in [0.25, 0.3) is 0 Å². The molecule has 6 nitrogen and oxygen atoms in total. The van der Waals surface area contributed by atoms with Crippen molar-refractivity contribution in [2.75, 3.05) is 5.75 Å². The lowest BCUT2D eigenvalue weighted by Crippen LogP contribution is -2.36. The van der Waals surface area contributed by atoms with Gasteiger partial charge in [0.2, 0.25) is 5.91 Å². The van der Waals surface area contributed by atoms with Crippen LogP contribution in [0.1, 0.15) is 31.2 Å². The van der Waals surface area contributed by atoms with Gasteiger partial charge in [-0.25, -0.2) is 4.79 Å². The molecule has 0 spiro atoms. The number of nitrogens with one attached hydrogen (secondary N) is 3. The van der Waals surface area contributed by atoms with Crippen LogP contribution in [0.15, 0.2) is 29.3 Å². The molecule has 0 aromatic heterocycles. The number of hydrogen-bond acceptors (Lipinski definition) is 5. The number of urea groups is 1. The Morgan fingerprint density at radius 3 is 2.88 bits per heavy atom. The molecule has 3 N–H and O–H groups in total. The summed E-state index contributed by atoms with van der Waals surface area (Å²) >= 11 is 6.48. The highest BCUT2D eigenvalue weighted by Gasteiger charge is 2.42. The molecule has 2 saturated heterocycles. The average molecular weight is 391 g/mol. The number of thioether (sulfide) groups is 1. The maximum atomic E-state index is 12.0. The summed E-state index contributed by atoms with van der Waals surface area (Å²) in [4.78, 5) is 27.2. The highest BCUT2D eigenvalue weighted by molar-refractivity contribution is 8.00. The van der Waals surface area contributed by atoms with Crippen molar-refractivity contribution in [3.8, 4) is 0 Å². The number of aliphatic imine (C=N–C) groups is 1. The summed E-state index contributed by atoms with van der Waals surface area (Å²) in [6.45, 7) is 0.514. The fourth-order valence-electron chi connectivity index (χ4n) is 3.30.